The molecule has 0 aromatic carbocycles. The van der Waals surface area contributed by atoms with Gasteiger partial charge in [-0.25, -0.2) is 0 Å². The van der Waals surface area contributed by atoms with Crippen LogP contribution in [0.25, 0.3) is 0 Å². The Morgan fingerprint density at radius 1 is 1.17 bits per heavy atom. The van der Waals surface area contributed by atoms with Gasteiger partial charge in [-0.15, -0.1) is 0 Å². The molecule has 0 rings (SSSR count). The predicted octanol–water partition coefficient (Wildman–Crippen LogP) is 4.81. The van der Waals surface area contributed by atoms with E-state index < -0.39 is 0 Å². The molecule has 0 heterocycles. The van der Waals surface area contributed by atoms with E-state index >= 15 is 0 Å². The Morgan fingerprint density at radius 3 is 1.92 bits per heavy atom. The molecule has 0 nitrogen and oxygen atoms in total. The number of rotatable bonds is 4. The standard InChI is InChI=1S/C10H20.C2H6/c1-5-7-10(8-6-2)9(3)4;1-2/h7,9H,5-6,8H2,1-4H3;1-2H3/b10-7+;. The number of hydrogen-bond donors (Lipinski definition) is 0. The summed E-state index contributed by atoms with van der Waals surface area (Å²) in [5.41, 5.74) is 1.63. The van der Waals surface area contributed by atoms with Gasteiger partial charge in [-0.3, -0.25) is 0 Å². The molecule has 0 N–H and O–H groups in total. The van der Waals surface area contributed by atoms with Crippen LogP contribution >= 0.6 is 0 Å². The second kappa shape index (κ2) is 10.7. The van der Waals surface area contributed by atoms with Crippen molar-refractivity contribution in [3.8, 4) is 0 Å². The molecule has 0 amide bonds. The molecular weight excluding hydrogens is 144 g/mol. The van der Waals surface area contributed by atoms with Crippen molar-refractivity contribution >= 4 is 0 Å². The summed E-state index contributed by atoms with van der Waals surface area (Å²) in [6, 6.07) is 0. The average Bonchev–Trinajstić information content (AvgIpc) is 2.08. The lowest BCUT2D eigenvalue weighted by atomic mass is 9.98. The summed E-state index contributed by atoms with van der Waals surface area (Å²) in [5.74, 6) is 0.750. The Hall–Kier alpha value is -0.260. The van der Waals surface area contributed by atoms with E-state index in [0.29, 0.717) is 0 Å². The smallest absolute Gasteiger partial charge is 0.0260 e. The first-order valence-electron chi connectivity index (χ1n) is 5.41. The van der Waals surface area contributed by atoms with Gasteiger partial charge in [0.05, 0.1) is 0 Å². The Balaban J connectivity index is 0. The molecule has 0 saturated heterocycles. The van der Waals surface area contributed by atoms with Crippen LogP contribution in [0.4, 0.5) is 0 Å². The molecule has 0 aliphatic heterocycles. The third kappa shape index (κ3) is 7.84. The van der Waals surface area contributed by atoms with Gasteiger partial charge >= 0.3 is 0 Å². The highest BCUT2D eigenvalue weighted by Gasteiger charge is 1.99. The van der Waals surface area contributed by atoms with Crippen LogP contribution < -0.4 is 0 Å². The third-order valence-electron chi connectivity index (χ3n) is 1.75. The summed E-state index contributed by atoms with van der Waals surface area (Å²) in [7, 11) is 0. The first kappa shape index (κ1) is 14.3. The van der Waals surface area contributed by atoms with Crippen LogP contribution in [0.2, 0.25) is 0 Å². The van der Waals surface area contributed by atoms with Gasteiger partial charge in [0.15, 0.2) is 0 Å². The zero-order valence-electron chi connectivity index (χ0n) is 9.78. The lowest BCUT2D eigenvalue weighted by Gasteiger charge is -2.08. The van der Waals surface area contributed by atoms with Crippen LogP contribution in [0.3, 0.4) is 0 Å². The van der Waals surface area contributed by atoms with Crippen molar-refractivity contribution in [3.63, 3.8) is 0 Å². The molecule has 12 heavy (non-hydrogen) atoms. The molecule has 0 bridgehead atoms. The van der Waals surface area contributed by atoms with Crippen molar-refractivity contribution in [1.82, 2.24) is 0 Å². The Bertz CT molecular complexity index is 98.6. The number of allylic oxidation sites excluding steroid dienone is 2. The fourth-order valence-electron chi connectivity index (χ4n) is 1.18. The highest BCUT2D eigenvalue weighted by molar-refractivity contribution is 5.03. The van der Waals surface area contributed by atoms with E-state index in [4.69, 9.17) is 0 Å². The van der Waals surface area contributed by atoms with Gasteiger partial charge in [0, 0.05) is 0 Å². The summed E-state index contributed by atoms with van der Waals surface area (Å²) in [4.78, 5) is 0. The first-order chi connectivity index (χ1) is 5.72. The summed E-state index contributed by atoms with van der Waals surface area (Å²) in [5, 5.41) is 0. The van der Waals surface area contributed by atoms with E-state index in [0.717, 1.165) is 5.92 Å². The fraction of sp³-hybridized carbons (Fsp3) is 0.833. The maximum absolute atomic E-state index is 2.37. The minimum Gasteiger partial charge on any atom is -0.0853 e. The summed E-state index contributed by atoms with van der Waals surface area (Å²) in [6.07, 6.45) is 6.12. The van der Waals surface area contributed by atoms with Crippen molar-refractivity contribution in [2.75, 3.05) is 0 Å². The van der Waals surface area contributed by atoms with Crippen LogP contribution in [0, 0.1) is 5.92 Å². The minimum absolute atomic E-state index is 0.750. The highest BCUT2D eigenvalue weighted by atomic mass is 14.0. The Labute approximate surface area is 79.1 Å². The van der Waals surface area contributed by atoms with Crippen LogP contribution in [0.5, 0.6) is 0 Å². The Kier molecular flexibility index (Phi) is 12.8. The highest BCUT2D eigenvalue weighted by Crippen LogP contribution is 2.15. The SMILES string of the molecule is CC.CC/C=C(\CCC)C(C)C. The molecule has 0 unspecified atom stereocenters. The second-order valence-corrected chi connectivity index (χ2v) is 3.09. The molecular formula is C12H26. The van der Waals surface area contributed by atoms with Gasteiger partial charge < -0.3 is 0 Å². The summed E-state index contributed by atoms with van der Waals surface area (Å²) in [6.45, 7) is 13.0. The topological polar surface area (TPSA) is 0 Å². The lowest BCUT2D eigenvalue weighted by Crippen LogP contribution is -1.92. The van der Waals surface area contributed by atoms with Crippen molar-refractivity contribution in [3.05, 3.63) is 11.6 Å². The van der Waals surface area contributed by atoms with Gasteiger partial charge in [-0.1, -0.05) is 59.6 Å². The minimum atomic E-state index is 0.750. The molecule has 0 aromatic heterocycles. The van der Waals surface area contributed by atoms with Crippen molar-refractivity contribution in [2.24, 2.45) is 5.92 Å². The molecule has 0 heteroatoms. The molecule has 0 aliphatic carbocycles. The molecule has 0 atom stereocenters. The third-order valence-corrected chi connectivity index (χ3v) is 1.75. The van der Waals surface area contributed by atoms with Gasteiger partial charge in [-0.05, 0) is 18.8 Å². The normalized spacial score (nSPS) is 11.1. The van der Waals surface area contributed by atoms with Gasteiger partial charge in [0.1, 0.15) is 0 Å². The monoisotopic (exact) mass is 170 g/mol. The van der Waals surface area contributed by atoms with Gasteiger partial charge in [-0.2, -0.15) is 0 Å². The van der Waals surface area contributed by atoms with E-state index in [2.05, 4.69) is 33.8 Å². The van der Waals surface area contributed by atoms with Gasteiger partial charge in [0.25, 0.3) is 0 Å². The van der Waals surface area contributed by atoms with Crippen molar-refractivity contribution in [1.29, 1.82) is 0 Å². The average molecular weight is 170 g/mol. The molecule has 74 valence electrons. The molecule has 0 saturated carbocycles. The quantitative estimate of drug-likeness (QED) is 0.531. The molecule has 0 spiro atoms. The maximum atomic E-state index is 2.37. The fourth-order valence-corrected chi connectivity index (χ4v) is 1.18. The number of hydrogen-bond acceptors (Lipinski definition) is 0. The van der Waals surface area contributed by atoms with Crippen molar-refractivity contribution in [2.45, 2.75) is 60.8 Å². The van der Waals surface area contributed by atoms with Crippen LogP contribution in [-0.4, -0.2) is 0 Å². The second-order valence-electron chi connectivity index (χ2n) is 3.09. The van der Waals surface area contributed by atoms with E-state index in [-0.39, 0.29) is 0 Å². The van der Waals surface area contributed by atoms with Crippen LogP contribution in [-0.2, 0) is 0 Å². The van der Waals surface area contributed by atoms with Crippen LogP contribution in [0.15, 0.2) is 11.6 Å². The Morgan fingerprint density at radius 2 is 1.67 bits per heavy atom. The lowest BCUT2D eigenvalue weighted by molar-refractivity contribution is 0.696. The first-order valence-corrected chi connectivity index (χ1v) is 5.41. The van der Waals surface area contributed by atoms with E-state index in [1.807, 2.05) is 13.8 Å². The molecule has 0 aromatic rings. The molecule has 0 radical (unpaired) electrons. The summed E-state index contributed by atoms with van der Waals surface area (Å²) < 4.78 is 0. The van der Waals surface area contributed by atoms with Crippen LogP contribution in [0.1, 0.15) is 60.8 Å². The van der Waals surface area contributed by atoms with Crippen molar-refractivity contribution < 1.29 is 0 Å². The predicted molar refractivity (Wildman–Crippen MR) is 59.5 cm³/mol. The van der Waals surface area contributed by atoms with E-state index in [1.54, 1.807) is 5.57 Å². The van der Waals surface area contributed by atoms with Gasteiger partial charge in [0.2, 0.25) is 0 Å². The van der Waals surface area contributed by atoms with E-state index in [9.17, 15) is 0 Å². The zero-order chi connectivity index (χ0) is 9.98. The van der Waals surface area contributed by atoms with E-state index in [1.165, 1.54) is 19.3 Å². The molecule has 0 fully saturated rings. The maximum Gasteiger partial charge on any atom is -0.0260 e. The molecule has 0 aliphatic rings. The zero-order valence-corrected chi connectivity index (χ0v) is 9.78. The largest absolute Gasteiger partial charge is 0.0853 e. The summed E-state index contributed by atoms with van der Waals surface area (Å²) >= 11 is 0.